The van der Waals surface area contributed by atoms with Gasteiger partial charge in [-0.05, 0) is 30.3 Å². The molecule has 0 radical (unpaired) electrons. The monoisotopic (exact) mass is 466 g/mol. The molecule has 13 heteroatoms. The number of carbonyl (C=O) groups is 1. The number of benzene rings is 1. The summed E-state index contributed by atoms with van der Waals surface area (Å²) in [6, 6.07) is 6.14. The lowest BCUT2D eigenvalue weighted by Gasteiger charge is -2.14. The number of aromatic nitrogens is 5. The second kappa shape index (κ2) is 8.07. The van der Waals surface area contributed by atoms with E-state index in [0.29, 0.717) is 24.1 Å². The van der Waals surface area contributed by atoms with Gasteiger partial charge in [0.15, 0.2) is 5.69 Å². The van der Waals surface area contributed by atoms with Crippen LogP contribution >= 0.6 is 0 Å². The molecule has 3 aromatic heterocycles. The number of anilines is 1. The van der Waals surface area contributed by atoms with E-state index >= 15 is 0 Å². The number of pyridine rings is 1. The van der Waals surface area contributed by atoms with E-state index in [0.717, 1.165) is 12.1 Å². The topological polar surface area (TPSA) is 77.6 Å². The molecule has 0 atom stereocenters. The number of amides is 1. The van der Waals surface area contributed by atoms with Gasteiger partial charge in [-0.3, -0.25) is 9.36 Å². The third kappa shape index (κ3) is 4.56. The van der Waals surface area contributed by atoms with Crippen LogP contribution in [0.4, 0.5) is 32.0 Å². The van der Waals surface area contributed by atoms with E-state index in [4.69, 9.17) is 0 Å². The number of halogens is 6. The molecule has 1 N–H and O–H groups in total. The number of nitrogens with zero attached hydrogens (tertiary/aromatic N) is 5. The first-order chi connectivity index (χ1) is 15.5. The number of hydrogen-bond acceptors (Lipinski definition) is 4. The molecule has 7 nitrogen and oxygen atoms in total. The summed E-state index contributed by atoms with van der Waals surface area (Å²) in [7, 11) is 0. The first kappa shape index (κ1) is 22.0. The van der Waals surface area contributed by atoms with Crippen LogP contribution < -0.4 is 5.32 Å². The number of rotatable bonds is 4. The van der Waals surface area contributed by atoms with E-state index < -0.39 is 40.8 Å². The Morgan fingerprint density at radius 1 is 0.970 bits per heavy atom. The van der Waals surface area contributed by atoms with Crippen LogP contribution in [-0.4, -0.2) is 30.2 Å². The highest BCUT2D eigenvalue weighted by molar-refractivity contribution is 6.05. The van der Waals surface area contributed by atoms with Crippen molar-refractivity contribution in [2.75, 3.05) is 5.32 Å². The Bertz CT molecular complexity index is 1280. The van der Waals surface area contributed by atoms with E-state index in [1.807, 2.05) is 0 Å². The molecule has 1 aromatic carbocycles. The maximum atomic E-state index is 13.8. The molecular formula is C20H12F6N6O. The lowest BCUT2D eigenvalue weighted by atomic mass is 10.1. The number of nitrogens with one attached hydrogen (secondary N) is 1. The van der Waals surface area contributed by atoms with Crippen molar-refractivity contribution in [1.29, 1.82) is 0 Å². The van der Waals surface area contributed by atoms with Crippen molar-refractivity contribution in [2.45, 2.75) is 12.4 Å². The smallest absolute Gasteiger partial charge is 0.320 e. The average Bonchev–Trinajstić information content (AvgIpc) is 3.44. The van der Waals surface area contributed by atoms with Crippen molar-refractivity contribution in [3.8, 4) is 11.5 Å². The second-order valence-corrected chi connectivity index (χ2v) is 6.69. The van der Waals surface area contributed by atoms with Crippen LogP contribution in [0.25, 0.3) is 11.5 Å². The SMILES string of the molecule is O=C(Nc1ccc(-n2ccnc2)nc1)c1cnn(-c2cccc(C(F)(F)F)c2)c1C(F)(F)F. The van der Waals surface area contributed by atoms with Crippen molar-refractivity contribution < 1.29 is 31.1 Å². The van der Waals surface area contributed by atoms with Gasteiger partial charge >= 0.3 is 12.4 Å². The molecule has 4 rings (SSSR count). The van der Waals surface area contributed by atoms with Gasteiger partial charge < -0.3 is 5.32 Å². The Morgan fingerprint density at radius 2 is 1.76 bits per heavy atom. The summed E-state index contributed by atoms with van der Waals surface area (Å²) in [6.07, 6.45) is -3.34. The molecule has 1 amide bonds. The number of carbonyl (C=O) groups excluding carboxylic acids is 1. The van der Waals surface area contributed by atoms with Crippen molar-refractivity contribution in [3.63, 3.8) is 0 Å². The summed E-state index contributed by atoms with van der Waals surface area (Å²) in [5, 5.41) is 5.81. The van der Waals surface area contributed by atoms with Gasteiger partial charge in [0.1, 0.15) is 12.1 Å². The van der Waals surface area contributed by atoms with Crippen LogP contribution in [-0.2, 0) is 12.4 Å². The van der Waals surface area contributed by atoms with Crippen LogP contribution in [0, 0.1) is 0 Å². The minimum atomic E-state index is -5.08. The highest BCUT2D eigenvalue weighted by atomic mass is 19.4. The predicted octanol–water partition coefficient (Wildman–Crippen LogP) is 4.74. The van der Waals surface area contributed by atoms with Crippen molar-refractivity contribution in [3.05, 3.63) is 84.3 Å². The maximum absolute atomic E-state index is 13.8. The molecule has 170 valence electrons. The van der Waals surface area contributed by atoms with Gasteiger partial charge in [0.2, 0.25) is 0 Å². The molecular weight excluding hydrogens is 454 g/mol. The van der Waals surface area contributed by atoms with Gasteiger partial charge in [-0.1, -0.05) is 6.07 Å². The number of alkyl halides is 6. The summed E-state index contributed by atoms with van der Waals surface area (Å²) < 4.78 is 82.1. The molecule has 0 aliphatic carbocycles. The molecule has 33 heavy (non-hydrogen) atoms. The van der Waals surface area contributed by atoms with Crippen LogP contribution in [0.3, 0.4) is 0 Å². The molecule has 0 saturated heterocycles. The van der Waals surface area contributed by atoms with E-state index in [9.17, 15) is 31.1 Å². The maximum Gasteiger partial charge on any atom is 0.434 e. The minimum absolute atomic E-state index is 0.101. The Labute approximate surface area is 181 Å². The molecule has 0 aliphatic heterocycles. The minimum Gasteiger partial charge on any atom is -0.320 e. The first-order valence-corrected chi connectivity index (χ1v) is 9.12. The van der Waals surface area contributed by atoms with Crippen LogP contribution in [0.5, 0.6) is 0 Å². The fourth-order valence-corrected chi connectivity index (χ4v) is 3.00. The highest BCUT2D eigenvalue weighted by Crippen LogP contribution is 2.35. The van der Waals surface area contributed by atoms with Crippen LogP contribution in [0.1, 0.15) is 21.6 Å². The standard InChI is InChI=1S/C20H12F6N6O/c21-19(22,23)12-2-1-3-14(8-12)32-17(20(24,25)26)15(10-29-32)18(33)30-13-4-5-16(28-9-13)31-7-6-27-11-31/h1-11H,(H,30,33). The first-order valence-electron chi connectivity index (χ1n) is 9.12. The van der Waals surface area contributed by atoms with Gasteiger partial charge in [0.05, 0.1) is 34.9 Å². The lowest BCUT2D eigenvalue weighted by Crippen LogP contribution is -2.21. The van der Waals surface area contributed by atoms with Crippen LogP contribution in [0.15, 0.2) is 67.5 Å². The van der Waals surface area contributed by atoms with Crippen molar-refractivity contribution in [1.82, 2.24) is 24.3 Å². The van der Waals surface area contributed by atoms with Gasteiger partial charge in [0, 0.05) is 12.4 Å². The van der Waals surface area contributed by atoms with Crippen molar-refractivity contribution >= 4 is 11.6 Å². The Balaban J connectivity index is 1.66. The van der Waals surface area contributed by atoms with E-state index in [-0.39, 0.29) is 10.4 Å². The fraction of sp³-hybridized carbons (Fsp3) is 0.100. The second-order valence-electron chi connectivity index (χ2n) is 6.69. The Morgan fingerprint density at radius 3 is 2.36 bits per heavy atom. The molecule has 0 fully saturated rings. The van der Waals surface area contributed by atoms with E-state index in [1.165, 1.54) is 30.9 Å². The molecule has 0 spiro atoms. The Hall–Kier alpha value is -4.16. The fourth-order valence-electron chi connectivity index (χ4n) is 3.00. The van der Waals surface area contributed by atoms with Gasteiger partial charge in [0.25, 0.3) is 5.91 Å². The van der Waals surface area contributed by atoms with Gasteiger partial charge in [-0.2, -0.15) is 31.4 Å². The zero-order valence-corrected chi connectivity index (χ0v) is 16.3. The van der Waals surface area contributed by atoms with E-state index in [2.05, 4.69) is 20.4 Å². The summed E-state index contributed by atoms with van der Waals surface area (Å²) in [5.41, 5.74) is -3.93. The molecule has 0 aliphatic rings. The summed E-state index contributed by atoms with van der Waals surface area (Å²) in [4.78, 5) is 20.5. The van der Waals surface area contributed by atoms with E-state index in [1.54, 1.807) is 10.8 Å². The average molecular weight is 466 g/mol. The van der Waals surface area contributed by atoms with Crippen molar-refractivity contribution in [2.24, 2.45) is 0 Å². The molecule has 0 bridgehead atoms. The number of hydrogen-bond donors (Lipinski definition) is 1. The normalized spacial score (nSPS) is 12.1. The Kier molecular flexibility index (Phi) is 5.39. The highest BCUT2D eigenvalue weighted by Gasteiger charge is 2.41. The molecule has 3 heterocycles. The van der Waals surface area contributed by atoms with Gasteiger partial charge in [-0.15, -0.1) is 0 Å². The summed E-state index contributed by atoms with van der Waals surface area (Å²) >= 11 is 0. The quantitative estimate of drug-likeness (QED) is 0.441. The predicted molar refractivity (Wildman–Crippen MR) is 103 cm³/mol. The zero-order valence-electron chi connectivity index (χ0n) is 16.3. The third-order valence-corrected chi connectivity index (χ3v) is 4.48. The summed E-state index contributed by atoms with van der Waals surface area (Å²) in [5.74, 6) is -0.698. The van der Waals surface area contributed by atoms with Gasteiger partial charge in [-0.25, -0.2) is 14.6 Å². The third-order valence-electron chi connectivity index (χ3n) is 4.48. The largest absolute Gasteiger partial charge is 0.434 e. The lowest BCUT2D eigenvalue weighted by molar-refractivity contribution is -0.143. The molecule has 0 saturated carbocycles. The summed E-state index contributed by atoms with van der Waals surface area (Å²) in [6.45, 7) is 0. The van der Waals surface area contributed by atoms with Crippen LogP contribution in [0.2, 0.25) is 0 Å². The number of imidazole rings is 1. The zero-order chi connectivity index (χ0) is 23.8. The molecule has 0 unspecified atom stereocenters. The molecule has 4 aromatic rings.